The SMILES string of the molecule is [2H]C(C)(C)c1cc(-c2[c-]ccc3c2oc2nc(C)ccc23)nc[c]1[Ge]([CH3])([CH3])[CH3].[Ir].[c-]1ccccc1-c1nc2ccccc2n1-c1cccc2c1oc1ccccc12. The summed E-state index contributed by atoms with van der Waals surface area (Å²) in [6.07, 6.45) is 1.98. The van der Waals surface area contributed by atoms with Crippen molar-refractivity contribution in [3.05, 3.63) is 151 Å². The molecule has 0 aliphatic carbocycles. The number of hydrogen-bond acceptors (Lipinski definition) is 5. The number of benzene rings is 5. The summed E-state index contributed by atoms with van der Waals surface area (Å²) in [5.74, 6) is 7.19. The number of aryl methyl sites for hydroxylation is 1. The van der Waals surface area contributed by atoms with Gasteiger partial charge in [0.15, 0.2) is 5.58 Å². The average molecular weight is 971 g/mol. The zero-order valence-corrected chi connectivity index (χ0v) is 36.6. The largest absolute Gasteiger partial charge is 0.454 e. The van der Waals surface area contributed by atoms with Crippen LogP contribution < -0.4 is 4.40 Å². The first-order valence-corrected chi connectivity index (χ1v) is 25.9. The first-order valence-electron chi connectivity index (χ1n) is 19.0. The van der Waals surface area contributed by atoms with Gasteiger partial charge in [0.2, 0.25) is 0 Å². The van der Waals surface area contributed by atoms with Crippen molar-refractivity contribution in [2.75, 3.05) is 0 Å². The number of rotatable bonds is 5. The molecule has 0 bridgehead atoms. The normalized spacial score (nSPS) is 12.2. The van der Waals surface area contributed by atoms with E-state index in [-0.39, 0.29) is 20.1 Å². The second-order valence-corrected chi connectivity index (χ2v) is 25.7. The van der Waals surface area contributed by atoms with Crippen molar-refractivity contribution in [2.45, 2.75) is 43.9 Å². The summed E-state index contributed by atoms with van der Waals surface area (Å²) in [4.78, 5) is 14.2. The van der Waals surface area contributed by atoms with Gasteiger partial charge in [0.05, 0.1) is 22.5 Å². The van der Waals surface area contributed by atoms with Gasteiger partial charge in [0, 0.05) is 30.9 Å². The Balaban J connectivity index is 0.000000157. The van der Waals surface area contributed by atoms with Crippen molar-refractivity contribution in [1.82, 2.24) is 19.5 Å². The van der Waals surface area contributed by atoms with Gasteiger partial charge in [-0.3, -0.25) is 4.98 Å². The first kappa shape index (κ1) is 36.3. The van der Waals surface area contributed by atoms with Crippen molar-refractivity contribution in [2.24, 2.45) is 0 Å². The van der Waals surface area contributed by atoms with Gasteiger partial charge in [-0.2, -0.15) is 0 Å². The number of nitrogens with zero attached hydrogens (tertiary/aromatic N) is 4. The second-order valence-electron chi connectivity index (χ2n) is 15.2. The van der Waals surface area contributed by atoms with E-state index >= 15 is 0 Å². The van der Waals surface area contributed by atoms with Gasteiger partial charge in [-0.15, -0.1) is 35.9 Å². The number of imidazole rings is 1. The molecule has 0 aliphatic rings. The summed E-state index contributed by atoms with van der Waals surface area (Å²) in [7, 11) is 0. The molecule has 0 saturated carbocycles. The van der Waals surface area contributed by atoms with Crippen LogP contribution in [0.15, 0.2) is 136 Å². The molecule has 10 aromatic rings. The predicted molar refractivity (Wildman–Crippen MR) is 228 cm³/mol. The van der Waals surface area contributed by atoms with Crippen molar-refractivity contribution < 1.29 is 30.3 Å². The maximum absolute atomic E-state index is 8.69. The van der Waals surface area contributed by atoms with Crippen molar-refractivity contribution >= 4 is 72.7 Å². The van der Waals surface area contributed by atoms with Crippen LogP contribution >= 0.6 is 0 Å². The van der Waals surface area contributed by atoms with E-state index in [4.69, 9.17) is 20.2 Å². The Labute approximate surface area is 343 Å². The topological polar surface area (TPSA) is 69.9 Å². The van der Waals surface area contributed by atoms with E-state index in [2.05, 4.69) is 81.4 Å². The molecule has 0 saturated heterocycles. The van der Waals surface area contributed by atoms with E-state index in [9.17, 15) is 0 Å². The number of aromatic nitrogens is 4. The number of fused-ring (bicyclic) bond motifs is 7. The Bertz CT molecular complexity index is 3080. The van der Waals surface area contributed by atoms with Gasteiger partial charge in [-0.25, -0.2) is 0 Å². The molecule has 5 heterocycles. The minimum Gasteiger partial charge on any atom is -0.454 e. The Morgan fingerprint density at radius 2 is 1.50 bits per heavy atom. The van der Waals surface area contributed by atoms with Crippen LogP contribution in [0.2, 0.25) is 17.3 Å². The van der Waals surface area contributed by atoms with Crippen LogP contribution in [0, 0.1) is 19.1 Å². The second kappa shape index (κ2) is 15.0. The molecule has 5 aromatic carbocycles. The standard InChI is InChI=1S/C25H15N2O.C23H25GeN2O.Ir/c1-2-9-17(10-3-1)25-26-20-13-5-6-14-21(20)27(25)22-15-8-12-19-18-11-4-7-16-23(18)28-24(19)22;1-14(2)19-12-21(25-13-20(19)24(4,5)6)18-9-7-8-16-17-11-10-15(3)26-23(17)27-22(16)18;/h1-9,11-16H;7-8,10-14H,1-6H3;/q2*-1;/i;14D;. The molecule has 0 amide bonds. The van der Waals surface area contributed by atoms with Crippen LogP contribution in [0.3, 0.4) is 0 Å². The molecule has 10 rings (SSSR count). The maximum atomic E-state index is 8.69. The summed E-state index contributed by atoms with van der Waals surface area (Å²) in [6, 6.07) is 47.2. The molecule has 1 radical (unpaired) electrons. The monoisotopic (exact) mass is 972 g/mol. The van der Waals surface area contributed by atoms with Gasteiger partial charge < -0.3 is 8.98 Å². The van der Waals surface area contributed by atoms with E-state index in [1.54, 1.807) is 0 Å². The summed E-state index contributed by atoms with van der Waals surface area (Å²) in [6.45, 7) is 5.85. The summed E-state index contributed by atoms with van der Waals surface area (Å²) in [5.41, 5.74) is 10.7. The number of para-hydroxylation sites is 4. The smallest absolute Gasteiger partial charge is 0.158 e. The molecule has 6 nitrogen and oxygen atoms in total. The Hall–Kier alpha value is -5.34. The number of pyridine rings is 2. The van der Waals surface area contributed by atoms with Crippen molar-refractivity contribution in [1.29, 1.82) is 0 Å². The van der Waals surface area contributed by atoms with E-state index in [1.165, 1.54) is 4.40 Å². The van der Waals surface area contributed by atoms with E-state index in [0.717, 1.165) is 88.9 Å². The van der Waals surface area contributed by atoms with Gasteiger partial charge in [-0.05, 0) is 24.3 Å². The molecule has 8 heteroatoms. The fourth-order valence-corrected chi connectivity index (χ4v) is 10.7. The van der Waals surface area contributed by atoms with Gasteiger partial charge in [0.25, 0.3) is 0 Å². The molecule has 0 atom stereocenters. The molecule has 0 unspecified atom stereocenters. The molecule has 0 N–H and O–H groups in total. The third-order valence-electron chi connectivity index (χ3n) is 10.1. The Morgan fingerprint density at radius 3 is 2.30 bits per heavy atom. The summed E-state index contributed by atoms with van der Waals surface area (Å²) in [5, 5.41) is 4.24. The predicted octanol–water partition coefficient (Wildman–Crippen LogP) is 12.2. The van der Waals surface area contributed by atoms with Gasteiger partial charge in [0.1, 0.15) is 5.58 Å². The minimum atomic E-state index is -2.16. The van der Waals surface area contributed by atoms with E-state index in [1.807, 2.05) is 106 Å². The quantitative estimate of drug-likeness (QED) is 0.127. The molecule has 279 valence electrons. The molecular weight excluding hydrogens is 929 g/mol. The van der Waals surface area contributed by atoms with Crippen LogP contribution in [0.4, 0.5) is 0 Å². The van der Waals surface area contributed by atoms with E-state index < -0.39 is 19.2 Å². The Kier molecular flexibility index (Phi) is 9.70. The molecule has 0 fully saturated rings. The zero-order chi connectivity index (χ0) is 38.8. The number of hydrogen-bond donors (Lipinski definition) is 0. The zero-order valence-electron chi connectivity index (χ0n) is 33.1. The molecule has 5 aromatic heterocycles. The molecule has 56 heavy (non-hydrogen) atoms. The van der Waals surface area contributed by atoms with Crippen LogP contribution in [0.25, 0.3) is 83.4 Å². The molecule has 0 spiro atoms. The van der Waals surface area contributed by atoms with Crippen LogP contribution in [0.1, 0.15) is 32.4 Å². The fraction of sp³-hybridized carbons (Fsp3) is 0.146. The average Bonchev–Trinajstić information content (AvgIpc) is 3.89. The molecule has 0 aliphatic heterocycles. The van der Waals surface area contributed by atoms with E-state index in [0.29, 0.717) is 5.71 Å². The summed E-state index contributed by atoms with van der Waals surface area (Å²) < 4.78 is 24.5. The van der Waals surface area contributed by atoms with Gasteiger partial charge >= 0.3 is 165 Å². The van der Waals surface area contributed by atoms with Crippen molar-refractivity contribution in [3.8, 4) is 28.3 Å². The number of furan rings is 2. The maximum Gasteiger partial charge on any atom is 0.158 e. The Morgan fingerprint density at radius 1 is 0.732 bits per heavy atom. The van der Waals surface area contributed by atoms with Gasteiger partial charge in [-0.1, -0.05) is 42.5 Å². The molecular formula is C48H40GeIrN4O2-2. The summed E-state index contributed by atoms with van der Waals surface area (Å²) >= 11 is -2.16. The van der Waals surface area contributed by atoms with Crippen LogP contribution in [-0.4, -0.2) is 32.8 Å². The third-order valence-corrected chi connectivity index (χ3v) is 14.3. The minimum absolute atomic E-state index is 0. The van der Waals surface area contributed by atoms with Crippen molar-refractivity contribution in [3.63, 3.8) is 0 Å². The fourth-order valence-electron chi connectivity index (χ4n) is 7.40. The first-order chi connectivity index (χ1) is 27.0. The third kappa shape index (κ3) is 6.68. The van der Waals surface area contributed by atoms with Crippen LogP contribution in [0.5, 0.6) is 0 Å². The van der Waals surface area contributed by atoms with Crippen LogP contribution in [-0.2, 0) is 20.1 Å².